The van der Waals surface area contributed by atoms with Crippen LogP contribution in [0, 0.1) is 0 Å². The molecule has 7 nitrogen and oxygen atoms in total. The Kier molecular flexibility index (Phi) is 4.01. The summed E-state index contributed by atoms with van der Waals surface area (Å²) in [7, 11) is 1.90. The first-order valence-electron chi connectivity index (χ1n) is 9.54. The van der Waals surface area contributed by atoms with Crippen molar-refractivity contribution in [2.75, 3.05) is 11.1 Å². The minimum absolute atomic E-state index is 0.236. The number of rotatable bonds is 4. The van der Waals surface area contributed by atoms with Crippen molar-refractivity contribution in [3.8, 4) is 11.3 Å². The fourth-order valence-electron chi connectivity index (χ4n) is 3.52. The van der Waals surface area contributed by atoms with Crippen molar-refractivity contribution in [1.29, 1.82) is 0 Å². The van der Waals surface area contributed by atoms with Crippen molar-refractivity contribution in [2.45, 2.75) is 18.8 Å². The molecule has 3 heterocycles. The van der Waals surface area contributed by atoms with Crippen LogP contribution in [0.1, 0.15) is 34.8 Å². The average molecular weight is 384 g/mol. The van der Waals surface area contributed by atoms with E-state index in [1.165, 1.54) is 0 Å². The predicted octanol–water partition coefficient (Wildman–Crippen LogP) is 3.74. The highest BCUT2D eigenvalue weighted by atomic mass is 16.1. The number of benzene rings is 1. The zero-order valence-electron chi connectivity index (χ0n) is 16.0. The number of carbonyl (C=O) groups is 1. The Morgan fingerprint density at radius 3 is 2.83 bits per heavy atom. The van der Waals surface area contributed by atoms with Gasteiger partial charge in [-0.2, -0.15) is 5.10 Å². The monoisotopic (exact) mass is 384 g/mol. The molecule has 1 saturated carbocycles. The number of nitrogens with two attached hydrogens (primary N) is 1. The predicted molar refractivity (Wildman–Crippen MR) is 113 cm³/mol. The van der Waals surface area contributed by atoms with E-state index < -0.39 is 0 Å². The summed E-state index contributed by atoms with van der Waals surface area (Å²) in [6.45, 7) is 0. The van der Waals surface area contributed by atoms with Crippen molar-refractivity contribution in [3.05, 3.63) is 66.1 Å². The highest BCUT2D eigenvalue weighted by Gasteiger charge is 2.27. The third-order valence-corrected chi connectivity index (χ3v) is 5.12. The van der Waals surface area contributed by atoms with Crippen LogP contribution in [-0.4, -0.2) is 25.7 Å². The first-order valence-corrected chi connectivity index (χ1v) is 9.54. The number of aryl methyl sites for hydroxylation is 1. The number of nitrogens with zero attached hydrogens (tertiary/aromatic N) is 4. The lowest BCUT2D eigenvalue weighted by Crippen LogP contribution is -2.15. The molecule has 1 aliphatic carbocycles. The van der Waals surface area contributed by atoms with Gasteiger partial charge >= 0.3 is 0 Å². The lowest BCUT2D eigenvalue weighted by Gasteiger charge is -2.11. The first-order chi connectivity index (χ1) is 14.1. The number of nitrogen functional groups attached to an aromatic ring is 1. The zero-order valence-corrected chi connectivity index (χ0v) is 16.0. The van der Waals surface area contributed by atoms with Crippen LogP contribution in [0.4, 0.5) is 11.5 Å². The molecule has 0 radical (unpaired) electrons. The van der Waals surface area contributed by atoms with Crippen molar-refractivity contribution < 1.29 is 4.79 Å². The van der Waals surface area contributed by atoms with Crippen molar-refractivity contribution in [1.82, 2.24) is 19.7 Å². The first kappa shape index (κ1) is 17.4. The molecule has 3 aromatic heterocycles. The summed E-state index contributed by atoms with van der Waals surface area (Å²) in [5.41, 5.74) is 10.4. The summed E-state index contributed by atoms with van der Waals surface area (Å²) in [4.78, 5) is 21.6. The molecule has 0 atom stereocenters. The van der Waals surface area contributed by atoms with Gasteiger partial charge < -0.3 is 11.1 Å². The van der Waals surface area contributed by atoms with Gasteiger partial charge in [0.15, 0.2) is 0 Å². The highest BCUT2D eigenvalue weighted by Crippen LogP contribution is 2.44. The van der Waals surface area contributed by atoms with E-state index in [0.717, 1.165) is 40.6 Å². The second-order valence-electron chi connectivity index (χ2n) is 7.41. The summed E-state index contributed by atoms with van der Waals surface area (Å²) in [6.07, 6.45) is 5.88. The summed E-state index contributed by atoms with van der Waals surface area (Å²) < 4.78 is 1.79. The van der Waals surface area contributed by atoms with E-state index in [9.17, 15) is 4.79 Å². The maximum absolute atomic E-state index is 13.0. The molecule has 0 saturated heterocycles. The summed E-state index contributed by atoms with van der Waals surface area (Å²) in [6, 6.07) is 13.0. The van der Waals surface area contributed by atoms with E-state index in [-0.39, 0.29) is 5.91 Å². The summed E-state index contributed by atoms with van der Waals surface area (Å²) in [5, 5.41) is 8.56. The molecule has 1 aliphatic rings. The molecule has 0 aliphatic heterocycles. The number of carbonyl (C=O) groups excluding carboxylic acids is 1. The molecule has 5 rings (SSSR count). The van der Waals surface area contributed by atoms with Gasteiger partial charge in [-0.25, -0.2) is 9.97 Å². The van der Waals surface area contributed by atoms with Crippen LogP contribution in [0.15, 0.2) is 54.9 Å². The largest absolute Gasteiger partial charge is 0.384 e. The van der Waals surface area contributed by atoms with Gasteiger partial charge in [0.25, 0.3) is 5.91 Å². The highest BCUT2D eigenvalue weighted by molar-refractivity contribution is 6.04. The van der Waals surface area contributed by atoms with Gasteiger partial charge in [0, 0.05) is 36.1 Å². The number of anilines is 2. The van der Waals surface area contributed by atoms with E-state index in [2.05, 4.69) is 26.4 Å². The zero-order chi connectivity index (χ0) is 20.0. The maximum Gasteiger partial charge on any atom is 0.274 e. The second kappa shape index (κ2) is 6.70. The molecule has 144 valence electrons. The Balaban J connectivity index is 1.47. The van der Waals surface area contributed by atoms with E-state index in [4.69, 9.17) is 5.73 Å². The number of nitrogens with one attached hydrogen (secondary N) is 1. The Bertz CT molecular complexity index is 1220. The van der Waals surface area contributed by atoms with Crippen LogP contribution in [0.2, 0.25) is 0 Å². The Labute approximate surface area is 167 Å². The molecule has 1 fully saturated rings. The van der Waals surface area contributed by atoms with Crippen LogP contribution >= 0.6 is 0 Å². The van der Waals surface area contributed by atoms with E-state index in [1.807, 2.05) is 37.5 Å². The Morgan fingerprint density at radius 2 is 2.07 bits per heavy atom. The van der Waals surface area contributed by atoms with E-state index in [1.54, 1.807) is 23.0 Å². The minimum atomic E-state index is -0.236. The number of aromatic nitrogens is 4. The number of hydrogen-bond donors (Lipinski definition) is 2. The van der Waals surface area contributed by atoms with Crippen LogP contribution in [-0.2, 0) is 7.05 Å². The topological polar surface area (TPSA) is 98.7 Å². The van der Waals surface area contributed by atoms with Gasteiger partial charge in [0.05, 0.1) is 11.2 Å². The number of amides is 1. The summed E-state index contributed by atoms with van der Waals surface area (Å²) in [5.74, 6) is 0.693. The molecular formula is C22H20N6O. The molecule has 0 unspecified atom stereocenters. The number of fused-ring (bicyclic) bond motifs is 1. The quantitative estimate of drug-likeness (QED) is 0.558. The molecule has 7 heteroatoms. The SMILES string of the molecule is Cn1cc2cc(NC(=O)c3cccc(-c4ccc(N)nc4)n3)c(C3CC3)cc2n1. The van der Waals surface area contributed by atoms with Crippen LogP contribution < -0.4 is 11.1 Å². The lowest BCUT2D eigenvalue weighted by molar-refractivity contribution is 0.102. The molecule has 4 aromatic rings. The second-order valence-corrected chi connectivity index (χ2v) is 7.41. The third-order valence-electron chi connectivity index (χ3n) is 5.12. The van der Waals surface area contributed by atoms with E-state index >= 15 is 0 Å². The lowest BCUT2D eigenvalue weighted by atomic mass is 10.1. The molecular weight excluding hydrogens is 364 g/mol. The van der Waals surface area contributed by atoms with Gasteiger partial charge in [0.2, 0.25) is 0 Å². The smallest absolute Gasteiger partial charge is 0.274 e. The van der Waals surface area contributed by atoms with Crippen LogP contribution in [0.25, 0.3) is 22.2 Å². The van der Waals surface area contributed by atoms with E-state index in [0.29, 0.717) is 23.1 Å². The van der Waals surface area contributed by atoms with Gasteiger partial charge in [-0.1, -0.05) is 6.07 Å². The molecule has 1 amide bonds. The van der Waals surface area contributed by atoms with Crippen molar-refractivity contribution in [3.63, 3.8) is 0 Å². The summed E-state index contributed by atoms with van der Waals surface area (Å²) >= 11 is 0. The van der Waals surface area contributed by atoms with Crippen molar-refractivity contribution >= 4 is 28.3 Å². The van der Waals surface area contributed by atoms with Gasteiger partial charge in [-0.3, -0.25) is 9.48 Å². The normalized spacial score (nSPS) is 13.6. The standard InChI is InChI=1S/C22H20N6O/c1-28-12-15-9-20(16(13-5-6-13)10-19(15)27-28)26-22(29)18-4-2-3-17(25-18)14-7-8-21(23)24-11-14/h2-4,7-13H,5-6H2,1H3,(H2,23,24)(H,26,29). The Morgan fingerprint density at radius 1 is 1.21 bits per heavy atom. The average Bonchev–Trinajstić information content (AvgIpc) is 3.49. The molecule has 1 aromatic carbocycles. The fourth-order valence-corrected chi connectivity index (χ4v) is 3.52. The number of hydrogen-bond acceptors (Lipinski definition) is 5. The van der Waals surface area contributed by atoms with Gasteiger partial charge in [-0.15, -0.1) is 0 Å². The molecule has 0 bridgehead atoms. The molecule has 3 N–H and O–H groups in total. The molecule has 0 spiro atoms. The Hall–Kier alpha value is -3.74. The fraction of sp³-hybridized carbons (Fsp3) is 0.182. The van der Waals surface area contributed by atoms with Gasteiger partial charge in [0.1, 0.15) is 11.5 Å². The van der Waals surface area contributed by atoms with Gasteiger partial charge in [-0.05, 0) is 60.7 Å². The van der Waals surface area contributed by atoms with Crippen molar-refractivity contribution in [2.24, 2.45) is 7.05 Å². The maximum atomic E-state index is 13.0. The minimum Gasteiger partial charge on any atom is -0.384 e. The molecule has 29 heavy (non-hydrogen) atoms. The third kappa shape index (κ3) is 3.42. The number of pyridine rings is 2. The van der Waals surface area contributed by atoms with Crippen LogP contribution in [0.5, 0.6) is 0 Å². The van der Waals surface area contributed by atoms with Crippen LogP contribution in [0.3, 0.4) is 0 Å².